The highest BCUT2D eigenvalue weighted by Crippen LogP contribution is 2.28. The van der Waals surface area contributed by atoms with Crippen LogP contribution in [0.5, 0.6) is 11.5 Å². The largest absolute Gasteiger partial charge is 0.497 e. The molecule has 0 radical (unpaired) electrons. The zero-order valence-electron chi connectivity index (χ0n) is 13.7. The fourth-order valence-corrected chi connectivity index (χ4v) is 3.07. The summed E-state index contributed by atoms with van der Waals surface area (Å²) in [6.07, 6.45) is 0.998. The van der Waals surface area contributed by atoms with Gasteiger partial charge >= 0.3 is 0 Å². The Kier molecular flexibility index (Phi) is 5.88. The molecule has 0 aliphatic carbocycles. The number of nitrogens with zero attached hydrogens (tertiary/aromatic N) is 1. The van der Waals surface area contributed by atoms with Gasteiger partial charge in [-0.15, -0.1) is 0 Å². The number of ether oxygens (including phenoxy) is 2. The normalized spacial score (nSPS) is 17.8. The van der Waals surface area contributed by atoms with Crippen molar-refractivity contribution < 1.29 is 9.47 Å². The Labute approximate surface area is 128 Å². The molecule has 0 bridgehead atoms. The van der Waals surface area contributed by atoms with E-state index in [0.717, 1.165) is 44.1 Å². The van der Waals surface area contributed by atoms with Crippen molar-refractivity contribution in [2.24, 2.45) is 5.92 Å². The summed E-state index contributed by atoms with van der Waals surface area (Å²) in [4.78, 5) is 2.60. The molecule has 21 heavy (non-hydrogen) atoms. The molecule has 1 aromatic rings. The van der Waals surface area contributed by atoms with E-state index < -0.39 is 0 Å². The van der Waals surface area contributed by atoms with Crippen LogP contribution >= 0.6 is 0 Å². The zero-order valence-corrected chi connectivity index (χ0v) is 13.7. The minimum Gasteiger partial charge on any atom is -0.497 e. The molecule has 4 heteroatoms. The van der Waals surface area contributed by atoms with Crippen LogP contribution in [0.3, 0.4) is 0 Å². The van der Waals surface area contributed by atoms with Gasteiger partial charge in [-0.3, -0.25) is 4.90 Å². The molecule has 0 saturated carbocycles. The molecule has 1 unspecified atom stereocenters. The summed E-state index contributed by atoms with van der Waals surface area (Å²) >= 11 is 0. The van der Waals surface area contributed by atoms with E-state index in [1.165, 1.54) is 5.56 Å². The molecule has 2 rings (SSSR count). The van der Waals surface area contributed by atoms with E-state index in [1.54, 1.807) is 14.2 Å². The van der Waals surface area contributed by atoms with E-state index in [4.69, 9.17) is 9.47 Å². The maximum atomic E-state index is 5.53. The first-order valence-electron chi connectivity index (χ1n) is 7.81. The molecule has 1 heterocycles. The van der Waals surface area contributed by atoms with Crippen molar-refractivity contribution in [3.05, 3.63) is 23.8 Å². The van der Waals surface area contributed by atoms with Crippen LogP contribution in [-0.4, -0.2) is 51.3 Å². The number of nitrogens with one attached hydrogen (secondary N) is 1. The molecule has 1 fully saturated rings. The summed E-state index contributed by atoms with van der Waals surface area (Å²) < 4.78 is 10.9. The van der Waals surface area contributed by atoms with Gasteiger partial charge in [-0.05, 0) is 36.1 Å². The molecule has 1 atom stereocenters. The summed E-state index contributed by atoms with van der Waals surface area (Å²) in [5, 5.41) is 3.43. The van der Waals surface area contributed by atoms with Crippen LogP contribution in [0, 0.1) is 5.92 Å². The van der Waals surface area contributed by atoms with Gasteiger partial charge in [-0.25, -0.2) is 0 Å². The van der Waals surface area contributed by atoms with Gasteiger partial charge < -0.3 is 14.8 Å². The standard InChI is InChI=1S/C17H28N2O2/c1-13(2)16(19-9-7-18-8-10-19)12-14-11-15(20-3)5-6-17(14)21-4/h5-6,11,13,16,18H,7-10,12H2,1-4H3. The van der Waals surface area contributed by atoms with E-state index >= 15 is 0 Å². The number of methoxy groups -OCH3 is 2. The fourth-order valence-electron chi connectivity index (χ4n) is 3.07. The van der Waals surface area contributed by atoms with Crippen LogP contribution in [0.2, 0.25) is 0 Å². The number of rotatable bonds is 6. The topological polar surface area (TPSA) is 33.7 Å². The number of piperazine rings is 1. The molecule has 1 aliphatic rings. The third kappa shape index (κ3) is 4.11. The van der Waals surface area contributed by atoms with Crippen molar-refractivity contribution in [1.82, 2.24) is 10.2 Å². The minimum atomic E-state index is 0.535. The van der Waals surface area contributed by atoms with Crippen LogP contribution in [0.15, 0.2) is 18.2 Å². The van der Waals surface area contributed by atoms with Crippen LogP contribution in [-0.2, 0) is 6.42 Å². The van der Waals surface area contributed by atoms with Crippen LogP contribution < -0.4 is 14.8 Å². The highest BCUT2D eigenvalue weighted by molar-refractivity contribution is 5.40. The van der Waals surface area contributed by atoms with Crippen LogP contribution in [0.1, 0.15) is 19.4 Å². The van der Waals surface area contributed by atoms with E-state index in [-0.39, 0.29) is 0 Å². The van der Waals surface area contributed by atoms with E-state index in [1.807, 2.05) is 12.1 Å². The van der Waals surface area contributed by atoms with E-state index in [0.29, 0.717) is 12.0 Å². The maximum absolute atomic E-state index is 5.53. The Bertz CT molecular complexity index is 442. The lowest BCUT2D eigenvalue weighted by Gasteiger charge is -2.37. The smallest absolute Gasteiger partial charge is 0.122 e. The van der Waals surface area contributed by atoms with Crippen molar-refractivity contribution in [1.29, 1.82) is 0 Å². The van der Waals surface area contributed by atoms with Crippen molar-refractivity contribution >= 4 is 0 Å². The van der Waals surface area contributed by atoms with E-state index in [2.05, 4.69) is 30.1 Å². The van der Waals surface area contributed by atoms with Gasteiger partial charge in [0.05, 0.1) is 14.2 Å². The lowest BCUT2D eigenvalue weighted by atomic mass is 9.93. The second-order valence-electron chi connectivity index (χ2n) is 5.98. The molecule has 1 saturated heterocycles. The van der Waals surface area contributed by atoms with Crippen molar-refractivity contribution in [3.63, 3.8) is 0 Å². The molecule has 118 valence electrons. The molecular formula is C17H28N2O2. The minimum absolute atomic E-state index is 0.535. The highest BCUT2D eigenvalue weighted by atomic mass is 16.5. The van der Waals surface area contributed by atoms with Gasteiger partial charge in [-0.1, -0.05) is 13.8 Å². The second-order valence-corrected chi connectivity index (χ2v) is 5.98. The lowest BCUT2D eigenvalue weighted by molar-refractivity contribution is 0.135. The van der Waals surface area contributed by atoms with Gasteiger partial charge in [0.25, 0.3) is 0 Å². The van der Waals surface area contributed by atoms with Gasteiger partial charge in [0.2, 0.25) is 0 Å². The predicted octanol–water partition coefficient (Wildman–Crippen LogP) is 2.18. The summed E-state index contributed by atoms with van der Waals surface area (Å²) in [6.45, 7) is 9.01. The monoisotopic (exact) mass is 292 g/mol. The Morgan fingerprint density at radius 3 is 2.43 bits per heavy atom. The van der Waals surface area contributed by atoms with Crippen LogP contribution in [0.25, 0.3) is 0 Å². The Morgan fingerprint density at radius 2 is 1.86 bits per heavy atom. The van der Waals surface area contributed by atoms with Crippen molar-refractivity contribution in [3.8, 4) is 11.5 Å². The summed E-state index contributed by atoms with van der Waals surface area (Å²) in [6, 6.07) is 6.60. The molecule has 4 nitrogen and oxygen atoms in total. The summed E-state index contributed by atoms with van der Waals surface area (Å²) in [5.74, 6) is 2.46. The van der Waals surface area contributed by atoms with Gasteiger partial charge in [0, 0.05) is 32.2 Å². The average Bonchev–Trinajstić information content (AvgIpc) is 2.52. The lowest BCUT2D eigenvalue weighted by Crippen LogP contribution is -2.50. The number of hydrogen-bond acceptors (Lipinski definition) is 4. The quantitative estimate of drug-likeness (QED) is 0.871. The SMILES string of the molecule is COc1ccc(OC)c(CC(C(C)C)N2CCNCC2)c1. The Balaban J connectivity index is 2.19. The molecule has 1 N–H and O–H groups in total. The van der Waals surface area contributed by atoms with E-state index in [9.17, 15) is 0 Å². The number of benzene rings is 1. The zero-order chi connectivity index (χ0) is 15.2. The third-order valence-corrected chi connectivity index (χ3v) is 4.31. The number of hydrogen-bond donors (Lipinski definition) is 1. The van der Waals surface area contributed by atoms with Gasteiger partial charge in [-0.2, -0.15) is 0 Å². The Morgan fingerprint density at radius 1 is 1.14 bits per heavy atom. The molecule has 0 aromatic heterocycles. The molecular weight excluding hydrogens is 264 g/mol. The Hall–Kier alpha value is -1.26. The molecule has 1 aromatic carbocycles. The first-order chi connectivity index (χ1) is 10.2. The maximum Gasteiger partial charge on any atom is 0.122 e. The molecule has 1 aliphatic heterocycles. The predicted molar refractivity (Wildman–Crippen MR) is 86.3 cm³/mol. The second kappa shape index (κ2) is 7.66. The molecule has 0 amide bonds. The first-order valence-corrected chi connectivity index (χ1v) is 7.81. The van der Waals surface area contributed by atoms with Crippen molar-refractivity contribution in [2.45, 2.75) is 26.3 Å². The fraction of sp³-hybridized carbons (Fsp3) is 0.647. The highest BCUT2D eigenvalue weighted by Gasteiger charge is 2.24. The van der Waals surface area contributed by atoms with Gasteiger partial charge in [0.1, 0.15) is 11.5 Å². The van der Waals surface area contributed by atoms with Crippen molar-refractivity contribution in [2.75, 3.05) is 40.4 Å². The van der Waals surface area contributed by atoms with Gasteiger partial charge in [0.15, 0.2) is 0 Å². The third-order valence-electron chi connectivity index (χ3n) is 4.31. The molecule has 0 spiro atoms. The average molecular weight is 292 g/mol. The summed E-state index contributed by atoms with van der Waals surface area (Å²) in [7, 11) is 3.45. The summed E-state index contributed by atoms with van der Waals surface area (Å²) in [5.41, 5.74) is 1.23. The first kappa shape index (κ1) is 16.1. The van der Waals surface area contributed by atoms with Crippen LogP contribution in [0.4, 0.5) is 0 Å².